The first-order chi connectivity index (χ1) is 22.0. The normalized spacial score (nSPS) is 12.0. The molecule has 0 saturated carbocycles. The van der Waals surface area contributed by atoms with Gasteiger partial charge in [-0.2, -0.15) is 0 Å². The molecule has 0 aliphatic rings. The number of hydrogen-bond donors (Lipinski definition) is 0. The van der Waals surface area contributed by atoms with Crippen LogP contribution < -0.4 is 9.79 Å². The summed E-state index contributed by atoms with van der Waals surface area (Å²) in [7, 11) is -5.35. The van der Waals surface area contributed by atoms with Gasteiger partial charge in [-0.05, 0) is 63.9 Å². The molecule has 0 bridgehead atoms. The Morgan fingerprint density at radius 2 is 0.522 bits per heavy atom. The molecular formula is C40H89O3P3. The lowest BCUT2D eigenvalue weighted by atomic mass is 10.1. The van der Waals surface area contributed by atoms with Crippen LogP contribution in [0.2, 0.25) is 0 Å². The molecule has 0 atom stereocenters. The van der Waals surface area contributed by atoms with Crippen molar-refractivity contribution in [3.8, 4) is 0 Å². The maximum absolute atomic E-state index is 10.2. The fourth-order valence-corrected chi connectivity index (χ4v) is 17.6. The Balaban J connectivity index is -0.000000614. The molecule has 0 amide bonds. The van der Waals surface area contributed by atoms with Crippen molar-refractivity contribution in [1.82, 2.24) is 0 Å². The summed E-state index contributed by atoms with van der Waals surface area (Å²) in [4.78, 5) is 20.4. The molecular weight excluding hydrogens is 621 g/mol. The SMILES string of the molecule is CCCCCCCCP(=O)([O-])[O-].CCCC[P+](CCCC)(CCCC)CCCC.CCCC[P+](CCCC)(CCCC)CCCC. The summed E-state index contributed by atoms with van der Waals surface area (Å²) in [5, 5.41) is 0. The first-order valence-electron chi connectivity index (χ1n) is 20.8. The van der Waals surface area contributed by atoms with Crippen molar-refractivity contribution >= 4 is 22.1 Å². The molecule has 0 aliphatic carbocycles. The van der Waals surface area contributed by atoms with Crippen LogP contribution in [0.25, 0.3) is 0 Å². The van der Waals surface area contributed by atoms with E-state index >= 15 is 0 Å². The van der Waals surface area contributed by atoms with Crippen LogP contribution in [-0.4, -0.2) is 55.5 Å². The van der Waals surface area contributed by atoms with Crippen LogP contribution in [0.5, 0.6) is 0 Å². The van der Waals surface area contributed by atoms with E-state index in [1.54, 1.807) is 49.3 Å². The van der Waals surface area contributed by atoms with Crippen LogP contribution in [0.4, 0.5) is 0 Å². The summed E-state index contributed by atoms with van der Waals surface area (Å²) in [6.45, 7) is 21.0. The van der Waals surface area contributed by atoms with Crippen molar-refractivity contribution in [2.24, 2.45) is 0 Å². The zero-order valence-corrected chi connectivity index (χ0v) is 36.2. The molecule has 0 radical (unpaired) electrons. The molecule has 0 heterocycles. The third-order valence-corrected chi connectivity index (χ3v) is 20.7. The molecule has 0 aromatic rings. The van der Waals surface area contributed by atoms with Gasteiger partial charge >= 0.3 is 0 Å². The highest BCUT2D eigenvalue weighted by molar-refractivity contribution is 7.76. The van der Waals surface area contributed by atoms with Gasteiger partial charge in [0.15, 0.2) is 0 Å². The number of rotatable bonds is 31. The number of unbranched alkanes of at least 4 members (excludes halogenated alkanes) is 13. The molecule has 46 heavy (non-hydrogen) atoms. The highest BCUT2D eigenvalue weighted by Gasteiger charge is 2.35. The molecule has 0 rings (SSSR count). The van der Waals surface area contributed by atoms with E-state index in [2.05, 4.69) is 62.3 Å². The van der Waals surface area contributed by atoms with Gasteiger partial charge in [-0.1, -0.05) is 153 Å². The third kappa shape index (κ3) is 34.9. The van der Waals surface area contributed by atoms with E-state index in [1.165, 1.54) is 116 Å². The summed E-state index contributed by atoms with van der Waals surface area (Å²) >= 11 is 0. The average Bonchev–Trinajstić information content (AvgIpc) is 3.05. The zero-order valence-electron chi connectivity index (χ0n) is 33.5. The second-order valence-electron chi connectivity index (χ2n) is 14.4. The fraction of sp³-hybridized carbons (Fsp3) is 1.00. The van der Waals surface area contributed by atoms with Gasteiger partial charge in [-0.3, -0.25) is 0 Å². The van der Waals surface area contributed by atoms with Gasteiger partial charge in [0.05, 0.1) is 49.3 Å². The standard InChI is InChI=1S/2C16H36P.C8H19O3P/c2*1-5-9-13-17(14-10-6-2,15-11-7-3)16-12-8-4;1-2-3-4-5-6-7-8-12(9,10)11/h2*5-16H2,1-4H3;2-8H2,1H3,(H2,9,10,11)/q2*+1;/p-2. The second kappa shape index (κ2) is 37.3. The molecule has 0 aliphatic heterocycles. The van der Waals surface area contributed by atoms with Crippen LogP contribution in [-0.2, 0) is 4.57 Å². The van der Waals surface area contributed by atoms with Crippen LogP contribution in [0.3, 0.4) is 0 Å². The monoisotopic (exact) mass is 711 g/mol. The molecule has 0 unspecified atom stereocenters. The second-order valence-corrected chi connectivity index (χ2v) is 25.0. The van der Waals surface area contributed by atoms with Gasteiger partial charge in [-0.15, -0.1) is 0 Å². The highest BCUT2D eigenvalue weighted by atomic mass is 31.2. The lowest BCUT2D eigenvalue weighted by Gasteiger charge is -2.29. The molecule has 0 saturated heterocycles. The van der Waals surface area contributed by atoms with Crippen molar-refractivity contribution in [3.63, 3.8) is 0 Å². The minimum Gasteiger partial charge on any atom is -0.811 e. The summed E-state index contributed by atoms with van der Waals surface area (Å²) < 4.78 is 10.2. The molecule has 282 valence electrons. The Bertz CT molecular complexity index is 512. The summed E-state index contributed by atoms with van der Waals surface area (Å²) in [5.41, 5.74) is 0. The third-order valence-electron chi connectivity index (χ3n) is 9.67. The molecule has 0 N–H and O–H groups in total. The van der Waals surface area contributed by atoms with Gasteiger partial charge < -0.3 is 14.4 Å². The Kier molecular flexibility index (Phi) is 41.6. The lowest BCUT2D eigenvalue weighted by Crippen LogP contribution is -2.16. The predicted octanol–water partition coefficient (Wildman–Crippen LogP) is 13.7. The minimum atomic E-state index is -4.22. The Hall–Kier alpha value is 1.01. The predicted molar refractivity (Wildman–Crippen MR) is 218 cm³/mol. The van der Waals surface area contributed by atoms with E-state index in [9.17, 15) is 14.4 Å². The van der Waals surface area contributed by atoms with Crippen LogP contribution in [0.1, 0.15) is 204 Å². The Labute approximate surface area is 294 Å². The summed E-state index contributed by atoms with van der Waals surface area (Å²) in [5.74, 6) is 0. The van der Waals surface area contributed by atoms with Crippen LogP contribution in [0, 0.1) is 0 Å². The van der Waals surface area contributed by atoms with E-state index in [4.69, 9.17) is 0 Å². The quantitative estimate of drug-likeness (QED) is 0.0531. The van der Waals surface area contributed by atoms with Crippen molar-refractivity contribution < 1.29 is 14.4 Å². The van der Waals surface area contributed by atoms with E-state index in [1.807, 2.05) is 0 Å². The van der Waals surface area contributed by atoms with Gasteiger partial charge in [0.25, 0.3) is 0 Å². The smallest absolute Gasteiger partial charge is 0.0594 e. The maximum atomic E-state index is 10.2. The molecule has 0 aromatic carbocycles. The van der Waals surface area contributed by atoms with Crippen molar-refractivity contribution in [2.45, 2.75) is 204 Å². The minimum absolute atomic E-state index is 0.168. The van der Waals surface area contributed by atoms with Gasteiger partial charge in [0.1, 0.15) is 0 Å². The zero-order chi connectivity index (χ0) is 35.4. The number of hydrogen-bond acceptors (Lipinski definition) is 3. The first kappa shape index (κ1) is 51.4. The lowest BCUT2D eigenvalue weighted by molar-refractivity contribution is -0.313. The van der Waals surface area contributed by atoms with E-state index in [0.717, 1.165) is 19.3 Å². The molecule has 0 aromatic heterocycles. The molecule has 3 nitrogen and oxygen atoms in total. The fourth-order valence-electron chi connectivity index (χ4n) is 6.38. The largest absolute Gasteiger partial charge is 0.811 e. The molecule has 6 heteroatoms. The summed E-state index contributed by atoms with van der Waals surface area (Å²) in [6.07, 6.45) is 41.7. The first-order valence-corrected chi connectivity index (χ1v) is 27.5. The topological polar surface area (TPSA) is 63.2 Å². The van der Waals surface area contributed by atoms with Crippen molar-refractivity contribution in [2.75, 3.05) is 55.5 Å². The maximum Gasteiger partial charge on any atom is 0.0594 e. The van der Waals surface area contributed by atoms with E-state index in [0.29, 0.717) is 6.42 Å². The summed E-state index contributed by atoms with van der Waals surface area (Å²) in [6, 6.07) is 0. The van der Waals surface area contributed by atoms with Crippen molar-refractivity contribution in [3.05, 3.63) is 0 Å². The van der Waals surface area contributed by atoms with Gasteiger partial charge in [-0.25, -0.2) is 0 Å². The Morgan fingerprint density at radius 3 is 0.717 bits per heavy atom. The molecule has 0 spiro atoms. The van der Waals surface area contributed by atoms with Gasteiger partial charge in [0.2, 0.25) is 0 Å². The van der Waals surface area contributed by atoms with Crippen LogP contribution in [0.15, 0.2) is 0 Å². The van der Waals surface area contributed by atoms with E-state index in [-0.39, 0.29) is 6.16 Å². The average molecular weight is 711 g/mol. The van der Waals surface area contributed by atoms with Crippen LogP contribution >= 0.6 is 22.1 Å². The Morgan fingerprint density at radius 1 is 0.326 bits per heavy atom. The van der Waals surface area contributed by atoms with Gasteiger partial charge in [0, 0.05) is 14.5 Å². The highest BCUT2D eigenvalue weighted by Crippen LogP contribution is 2.62. The van der Waals surface area contributed by atoms with E-state index < -0.39 is 22.1 Å². The van der Waals surface area contributed by atoms with Crippen molar-refractivity contribution in [1.29, 1.82) is 0 Å². The molecule has 0 fully saturated rings.